The molecule has 0 saturated heterocycles. The maximum atomic E-state index is 13.0. The summed E-state index contributed by atoms with van der Waals surface area (Å²) in [6, 6.07) is 8.44. The first-order valence-electron chi connectivity index (χ1n) is 8.31. The Morgan fingerprint density at radius 2 is 1.96 bits per heavy atom. The average Bonchev–Trinajstić information content (AvgIpc) is 2.67. The van der Waals surface area contributed by atoms with Crippen molar-refractivity contribution in [2.75, 3.05) is 13.7 Å². The van der Waals surface area contributed by atoms with E-state index in [4.69, 9.17) is 4.74 Å². The molecule has 28 heavy (non-hydrogen) atoms. The number of hydrogen-bond donors (Lipinski definition) is 0. The highest BCUT2D eigenvalue weighted by Crippen LogP contribution is 2.13. The van der Waals surface area contributed by atoms with Gasteiger partial charge in [0, 0.05) is 26.8 Å². The minimum Gasteiger partial charge on any atom is -0.383 e. The lowest BCUT2D eigenvalue weighted by Crippen LogP contribution is -2.37. The van der Waals surface area contributed by atoms with Crippen LogP contribution in [0.3, 0.4) is 0 Å². The molecule has 0 fully saturated rings. The van der Waals surface area contributed by atoms with Gasteiger partial charge in [0.05, 0.1) is 18.5 Å². The molecule has 0 aromatic heterocycles. The first kappa shape index (κ1) is 19.1. The van der Waals surface area contributed by atoms with E-state index >= 15 is 0 Å². The zero-order valence-electron chi connectivity index (χ0n) is 15.2. The number of methoxy groups -OCH3 is 1. The second kappa shape index (κ2) is 8.35. The van der Waals surface area contributed by atoms with Crippen molar-refractivity contribution in [3.05, 3.63) is 63.1 Å². The van der Waals surface area contributed by atoms with Crippen molar-refractivity contribution in [3.8, 4) is 17.2 Å². The van der Waals surface area contributed by atoms with Crippen LogP contribution in [0.1, 0.15) is 12.6 Å². The number of para-hydroxylation sites is 1. The van der Waals surface area contributed by atoms with Gasteiger partial charge in [-0.2, -0.15) is 4.98 Å². The molecule has 0 atom stereocenters. The summed E-state index contributed by atoms with van der Waals surface area (Å²) < 4.78 is 7.58. The van der Waals surface area contributed by atoms with Crippen molar-refractivity contribution >= 4 is 12.2 Å². The normalized spacial score (nSPS) is 11.2. The lowest BCUT2D eigenvalue weighted by atomic mass is 10.3. The summed E-state index contributed by atoms with van der Waals surface area (Å²) in [6.45, 7) is 1.86. The number of fused-ring (bicyclic) bond motifs is 1. The molecular formula is C18H17N5O5. The molecule has 0 amide bonds. The van der Waals surface area contributed by atoms with E-state index in [9.17, 15) is 14.4 Å². The van der Waals surface area contributed by atoms with Crippen LogP contribution in [0.15, 0.2) is 51.3 Å². The van der Waals surface area contributed by atoms with Crippen LogP contribution >= 0.6 is 0 Å². The monoisotopic (exact) mass is 383 g/mol. The first-order chi connectivity index (χ1) is 13.5. The fraction of sp³-hybridized carbons (Fsp3) is 0.222. The minimum atomic E-state index is -0.710. The molecule has 0 radical (unpaired) electrons. The summed E-state index contributed by atoms with van der Waals surface area (Å²) in [5, 5.41) is 3.52. The number of hydrogen-bond acceptors (Lipinski definition) is 8. The van der Waals surface area contributed by atoms with Crippen LogP contribution in [0.4, 0.5) is 0 Å². The highest BCUT2D eigenvalue weighted by Gasteiger charge is 2.20. The maximum Gasteiger partial charge on any atom is 0.357 e. The molecule has 2 heterocycles. The number of carbonyl (C=O) groups excluding carboxylic acids is 1. The third kappa shape index (κ3) is 4.01. The molecule has 0 unspecified atom stereocenters. The topological polar surface area (TPSA) is 118 Å². The largest absolute Gasteiger partial charge is 0.383 e. The summed E-state index contributed by atoms with van der Waals surface area (Å²) >= 11 is 0. The van der Waals surface area contributed by atoms with Gasteiger partial charge in [0.1, 0.15) is 5.69 Å². The number of aromatic nitrogens is 4. The molecule has 0 N–H and O–H groups in total. The van der Waals surface area contributed by atoms with Gasteiger partial charge in [0.15, 0.2) is 11.5 Å². The number of ether oxygens (including phenoxy) is 1. The van der Waals surface area contributed by atoms with Gasteiger partial charge in [0.2, 0.25) is 0 Å². The molecule has 1 aromatic carbocycles. The zero-order chi connectivity index (χ0) is 20.1. The predicted octanol–water partition coefficient (Wildman–Crippen LogP) is 0.437. The summed E-state index contributed by atoms with van der Waals surface area (Å²) in [4.78, 5) is 49.2. The summed E-state index contributed by atoms with van der Waals surface area (Å²) in [6.07, 6.45) is 2.73. The van der Waals surface area contributed by atoms with Gasteiger partial charge in [-0.25, -0.2) is 19.1 Å². The van der Waals surface area contributed by atoms with Gasteiger partial charge in [-0.1, -0.05) is 23.4 Å². The van der Waals surface area contributed by atoms with E-state index in [1.807, 2.05) is 0 Å². The number of benzene rings is 1. The summed E-state index contributed by atoms with van der Waals surface area (Å²) in [5.74, 6) is -0.461. The van der Waals surface area contributed by atoms with Crippen molar-refractivity contribution in [3.63, 3.8) is 0 Å². The Morgan fingerprint density at radius 1 is 1.21 bits per heavy atom. The van der Waals surface area contributed by atoms with Crippen molar-refractivity contribution in [2.45, 2.75) is 13.5 Å². The van der Waals surface area contributed by atoms with E-state index in [2.05, 4.69) is 20.0 Å². The fourth-order valence-electron chi connectivity index (χ4n) is 2.54. The van der Waals surface area contributed by atoms with Gasteiger partial charge in [-0.3, -0.25) is 4.79 Å². The van der Waals surface area contributed by atoms with Crippen molar-refractivity contribution in [1.82, 2.24) is 19.1 Å². The van der Waals surface area contributed by atoms with Crippen LogP contribution in [-0.4, -0.2) is 45.0 Å². The van der Waals surface area contributed by atoms with Crippen LogP contribution in [0.25, 0.3) is 17.2 Å². The summed E-state index contributed by atoms with van der Waals surface area (Å²) in [7, 11) is 1.53. The third-order valence-corrected chi connectivity index (χ3v) is 3.73. The second-order valence-electron chi connectivity index (χ2n) is 5.71. The van der Waals surface area contributed by atoms with Gasteiger partial charge in [-0.05, 0) is 12.1 Å². The van der Waals surface area contributed by atoms with Crippen molar-refractivity contribution < 1.29 is 14.4 Å². The van der Waals surface area contributed by atoms with Crippen LogP contribution in [0, 0.1) is 0 Å². The highest BCUT2D eigenvalue weighted by atomic mass is 16.7. The number of carbonyl (C=O) groups is 1. The molecule has 0 spiro atoms. The smallest absolute Gasteiger partial charge is 0.357 e. The van der Waals surface area contributed by atoms with Crippen LogP contribution in [-0.2, 0) is 20.9 Å². The quantitative estimate of drug-likeness (QED) is 0.344. The standard InChI is InChI=1S/C18H17N5O5/c1-12(24)28-19-10-13-11-22(8-9-27-2)16-15(20-13)17(25)23(18(26)21-16)14-6-4-3-5-7-14/h3-7,10-11H,8-9H2,1-2H3. The molecule has 3 rings (SSSR count). The highest BCUT2D eigenvalue weighted by molar-refractivity contribution is 5.78. The molecule has 2 aliphatic heterocycles. The Labute approximate surface area is 159 Å². The van der Waals surface area contributed by atoms with Gasteiger partial charge in [0.25, 0.3) is 5.56 Å². The number of oxime groups is 1. The molecular weight excluding hydrogens is 366 g/mol. The minimum absolute atomic E-state index is 0.0219. The van der Waals surface area contributed by atoms with Crippen LogP contribution < -0.4 is 11.2 Å². The van der Waals surface area contributed by atoms with Crippen LogP contribution in [0.5, 0.6) is 0 Å². The van der Waals surface area contributed by atoms with E-state index < -0.39 is 17.2 Å². The lowest BCUT2D eigenvalue weighted by molar-refractivity contribution is -0.140. The second-order valence-corrected chi connectivity index (χ2v) is 5.71. The van der Waals surface area contributed by atoms with Crippen LogP contribution in [0.2, 0.25) is 0 Å². The third-order valence-electron chi connectivity index (χ3n) is 3.73. The average molecular weight is 383 g/mol. The predicted molar refractivity (Wildman–Crippen MR) is 99.7 cm³/mol. The van der Waals surface area contributed by atoms with Gasteiger partial charge in [-0.15, -0.1) is 0 Å². The zero-order valence-corrected chi connectivity index (χ0v) is 15.2. The number of rotatable bonds is 6. The molecule has 0 saturated carbocycles. The van der Waals surface area contributed by atoms with Gasteiger partial charge < -0.3 is 14.1 Å². The molecule has 0 bridgehead atoms. The fourth-order valence-corrected chi connectivity index (χ4v) is 2.54. The van der Waals surface area contributed by atoms with Gasteiger partial charge >= 0.3 is 11.7 Å². The molecule has 2 aliphatic rings. The molecule has 10 nitrogen and oxygen atoms in total. The van der Waals surface area contributed by atoms with E-state index in [1.165, 1.54) is 26.4 Å². The molecule has 10 heteroatoms. The molecule has 144 valence electrons. The Kier molecular flexibility index (Phi) is 5.70. The van der Waals surface area contributed by atoms with Crippen molar-refractivity contribution in [1.29, 1.82) is 0 Å². The first-order valence-corrected chi connectivity index (χ1v) is 8.31. The van der Waals surface area contributed by atoms with Crippen molar-refractivity contribution in [2.24, 2.45) is 5.16 Å². The van der Waals surface area contributed by atoms with E-state index in [-0.39, 0.29) is 17.2 Å². The number of nitrogens with zero attached hydrogens (tertiary/aromatic N) is 5. The van der Waals surface area contributed by atoms with E-state index in [0.29, 0.717) is 18.8 Å². The summed E-state index contributed by atoms with van der Waals surface area (Å²) in [5.41, 5.74) is -0.711. The lowest BCUT2D eigenvalue weighted by Gasteiger charge is -2.15. The Bertz CT molecular complexity index is 1100. The SMILES string of the molecule is COCCn1cc(C=NOC(C)=O)nc2c(=O)n(-c3ccccc3)c(=O)nc1-2. The maximum absolute atomic E-state index is 13.0. The Morgan fingerprint density at radius 3 is 2.64 bits per heavy atom. The Balaban J connectivity index is 2.22. The Hall–Kier alpha value is -3.66. The molecule has 1 aromatic rings. The van der Waals surface area contributed by atoms with E-state index in [1.54, 1.807) is 34.9 Å². The molecule has 0 aliphatic carbocycles. The van der Waals surface area contributed by atoms with E-state index in [0.717, 1.165) is 4.57 Å².